The number of aromatic nitrogens is 1. The van der Waals surface area contributed by atoms with E-state index in [0.29, 0.717) is 5.13 Å². The third kappa shape index (κ3) is 2.22. The van der Waals surface area contributed by atoms with E-state index in [4.69, 9.17) is 0 Å². The number of nitrogens with one attached hydrogen (secondary N) is 1. The number of thiazole rings is 1. The number of hydrogen-bond donors (Lipinski definition) is 1. The lowest BCUT2D eigenvalue weighted by atomic mass is 9.64. The first-order chi connectivity index (χ1) is 9.60. The van der Waals surface area contributed by atoms with E-state index >= 15 is 0 Å². The molecule has 1 fully saturated rings. The van der Waals surface area contributed by atoms with Crippen LogP contribution in [0.25, 0.3) is 0 Å². The molecule has 3 nitrogen and oxygen atoms in total. The minimum absolute atomic E-state index is 0.0373. The molecule has 1 N–H and O–H groups in total. The maximum absolute atomic E-state index is 13.0. The molecular weight excluding hydrogens is 275 g/mol. The number of rotatable bonds is 3. The minimum Gasteiger partial charge on any atom is -0.301 e. The standard InChI is InChI=1S/C15H15FN2OS/c1-10-9-17-14(20-10)18-13(19)15(7-2-8-15)11-3-5-12(16)6-4-11/h3-6,9H,2,7-8H2,1H3,(H,17,18,19). The monoisotopic (exact) mass is 290 g/mol. The van der Waals surface area contributed by atoms with Gasteiger partial charge in [0, 0.05) is 11.1 Å². The molecular formula is C15H15FN2OS. The van der Waals surface area contributed by atoms with Gasteiger partial charge in [0.2, 0.25) is 5.91 Å². The fraction of sp³-hybridized carbons (Fsp3) is 0.333. The van der Waals surface area contributed by atoms with Crippen molar-refractivity contribution in [3.8, 4) is 0 Å². The minimum atomic E-state index is -0.521. The second-order valence-corrected chi connectivity index (χ2v) is 6.41. The van der Waals surface area contributed by atoms with Gasteiger partial charge in [-0.05, 0) is 37.5 Å². The van der Waals surface area contributed by atoms with Crippen molar-refractivity contribution >= 4 is 22.4 Å². The van der Waals surface area contributed by atoms with Crippen LogP contribution in [0.4, 0.5) is 9.52 Å². The number of aryl methyl sites for hydroxylation is 1. The Balaban J connectivity index is 1.85. The Morgan fingerprint density at radius 2 is 2.05 bits per heavy atom. The lowest BCUT2D eigenvalue weighted by molar-refractivity contribution is -0.124. The van der Waals surface area contributed by atoms with Crippen LogP contribution in [-0.4, -0.2) is 10.9 Å². The van der Waals surface area contributed by atoms with Gasteiger partial charge in [-0.2, -0.15) is 0 Å². The smallest absolute Gasteiger partial charge is 0.236 e. The molecule has 0 aliphatic heterocycles. The van der Waals surface area contributed by atoms with Crippen LogP contribution in [0.3, 0.4) is 0 Å². The van der Waals surface area contributed by atoms with Crippen LogP contribution in [0.5, 0.6) is 0 Å². The molecule has 0 unspecified atom stereocenters. The first-order valence-corrected chi connectivity index (χ1v) is 7.42. The Morgan fingerprint density at radius 3 is 2.55 bits per heavy atom. The SMILES string of the molecule is Cc1cnc(NC(=O)C2(c3ccc(F)cc3)CCC2)s1. The van der Waals surface area contributed by atoms with Gasteiger partial charge in [-0.3, -0.25) is 4.79 Å². The van der Waals surface area contributed by atoms with Crippen molar-refractivity contribution in [3.63, 3.8) is 0 Å². The molecule has 5 heteroatoms. The third-order valence-corrected chi connectivity index (χ3v) is 4.71. The Hall–Kier alpha value is -1.75. The molecule has 0 radical (unpaired) electrons. The van der Waals surface area contributed by atoms with Crippen LogP contribution >= 0.6 is 11.3 Å². The Bertz CT molecular complexity index is 632. The fourth-order valence-electron chi connectivity index (χ4n) is 2.58. The molecule has 1 aliphatic rings. The summed E-state index contributed by atoms with van der Waals surface area (Å²) in [5, 5.41) is 3.52. The molecule has 2 aromatic rings. The van der Waals surface area contributed by atoms with Crippen LogP contribution in [-0.2, 0) is 10.2 Å². The van der Waals surface area contributed by atoms with E-state index in [0.717, 1.165) is 29.7 Å². The van der Waals surface area contributed by atoms with Gasteiger partial charge < -0.3 is 5.32 Å². The molecule has 1 amide bonds. The number of amides is 1. The quantitative estimate of drug-likeness (QED) is 0.937. The van der Waals surface area contributed by atoms with Gasteiger partial charge in [-0.1, -0.05) is 18.6 Å². The molecule has 1 saturated carbocycles. The maximum atomic E-state index is 13.0. The first kappa shape index (κ1) is 13.2. The van der Waals surface area contributed by atoms with E-state index in [2.05, 4.69) is 10.3 Å². The number of carbonyl (C=O) groups excluding carboxylic acids is 1. The van der Waals surface area contributed by atoms with Gasteiger partial charge >= 0.3 is 0 Å². The summed E-state index contributed by atoms with van der Waals surface area (Å²) < 4.78 is 13.0. The highest BCUT2D eigenvalue weighted by Gasteiger charge is 2.45. The number of carbonyl (C=O) groups is 1. The van der Waals surface area contributed by atoms with Gasteiger partial charge in [0.25, 0.3) is 0 Å². The average molecular weight is 290 g/mol. The maximum Gasteiger partial charge on any atom is 0.236 e. The second-order valence-electron chi connectivity index (χ2n) is 5.17. The molecule has 104 valence electrons. The van der Waals surface area contributed by atoms with E-state index in [-0.39, 0.29) is 11.7 Å². The third-order valence-electron chi connectivity index (χ3n) is 3.88. The average Bonchev–Trinajstić information content (AvgIpc) is 2.76. The number of hydrogen-bond acceptors (Lipinski definition) is 3. The highest BCUT2D eigenvalue weighted by atomic mass is 32.1. The summed E-state index contributed by atoms with van der Waals surface area (Å²) in [6.07, 6.45) is 4.36. The fourth-order valence-corrected chi connectivity index (χ4v) is 3.23. The predicted octanol–water partition coefficient (Wildman–Crippen LogP) is 3.65. The number of anilines is 1. The zero-order valence-electron chi connectivity index (χ0n) is 11.1. The van der Waals surface area contributed by atoms with Crippen LogP contribution in [0, 0.1) is 12.7 Å². The molecule has 20 heavy (non-hydrogen) atoms. The summed E-state index contributed by atoms with van der Waals surface area (Å²) in [4.78, 5) is 17.8. The van der Waals surface area contributed by atoms with Crippen molar-refractivity contribution in [2.24, 2.45) is 0 Å². The van der Waals surface area contributed by atoms with Crippen molar-refractivity contribution < 1.29 is 9.18 Å². The Labute approximate surface area is 120 Å². The van der Waals surface area contributed by atoms with E-state index in [1.807, 2.05) is 6.92 Å². The van der Waals surface area contributed by atoms with Crippen molar-refractivity contribution in [1.29, 1.82) is 0 Å². The number of halogens is 1. The van der Waals surface area contributed by atoms with E-state index in [1.165, 1.54) is 23.5 Å². The molecule has 1 aromatic carbocycles. The first-order valence-electron chi connectivity index (χ1n) is 6.60. The molecule has 3 rings (SSSR count). The van der Waals surface area contributed by atoms with E-state index in [9.17, 15) is 9.18 Å². The van der Waals surface area contributed by atoms with Crippen molar-refractivity contribution in [3.05, 3.63) is 46.7 Å². The van der Waals surface area contributed by atoms with Crippen LogP contribution in [0.2, 0.25) is 0 Å². The molecule has 1 aliphatic carbocycles. The Morgan fingerprint density at radius 1 is 1.35 bits per heavy atom. The summed E-state index contributed by atoms with van der Waals surface area (Å²) in [6.45, 7) is 1.95. The van der Waals surface area contributed by atoms with Crippen molar-refractivity contribution in [2.75, 3.05) is 5.32 Å². The summed E-state index contributed by atoms with van der Waals surface area (Å²) >= 11 is 1.46. The van der Waals surface area contributed by atoms with Gasteiger partial charge in [0.1, 0.15) is 5.82 Å². The van der Waals surface area contributed by atoms with Gasteiger partial charge in [-0.25, -0.2) is 9.37 Å². The summed E-state index contributed by atoms with van der Waals surface area (Å²) in [6, 6.07) is 6.24. The number of benzene rings is 1. The summed E-state index contributed by atoms with van der Waals surface area (Å²) in [5.74, 6) is -0.316. The highest BCUT2D eigenvalue weighted by Crippen LogP contribution is 2.44. The summed E-state index contributed by atoms with van der Waals surface area (Å²) in [7, 11) is 0. The number of nitrogens with zero attached hydrogens (tertiary/aromatic N) is 1. The molecule has 1 aromatic heterocycles. The summed E-state index contributed by atoms with van der Waals surface area (Å²) in [5.41, 5.74) is 0.365. The Kier molecular flexibility index (Phi) is 3.30. The highest BCUT2D eigenvalue weighted by molar-refractivity contribution is 7.15. The van der Waals surface area contributed by atoms with Gasteiger partial charge in [-0.15, -0.1) is 11.3 Å². The normalized spacial score (nSPS) is 16.5. The lowest BCUT2D eigenvalue weighted by Crippen LogP contribution is -2.46. The van der Waals surface area contributed by atoms with Gasteiger partial charge in [0.05, 0.1) is 5.41 Å². The predicted molar refractivity (Wildman–Crippen MR) is 77.4 cm³/mol. The molecule has 0 spiro atoms. The van der Waals surface area contributed by atoms with Crippen molar-refractivity contribution in [1.82, 2.24) is 4.98 Å². The largest absolute Gasteiger partial charge is 0.301 e. The zero-order valence-corrected chi connectivity index (χ0v) is 12.0. The zero-order chi connectivity index (χ0) is 14.2. The van der Waals surface area contributed by atoms with Crippen LogP contribution in [0.1, 0.15) is 29.7 Å². The van der Waals surface area contributed by atoms with E-state index < -0.39 is 5.41 Å². The van der Waals surface area contributed by atoms with Crippen LogP contribution in [0.15, 0.2) is 30.5 Å². The van der Waals surface area contributed by atoms with Crippen molar-refractivity contribution in [2.45, 2.75) is 31.6 Å². The molecule has 1 heterocycles. The van der Waals surface area contributed by atoms with Crippen LogP contribution < -0.4 is 5.32 Å². The molecule has 0 atom stereocenters. The molecule has 0 saturated heterocycles. The molecule has 0 bridgehead atoms. The topological polar surface area (TPSA) is 42.0 Å². The second kappa shape index (κ2) is 4.98. The van der Waals surface area contributed by atoms with E-state index in [1.54, 1.807) is 18.3 Å². The lowest BCUT2D eigenvalue weighted by Gasteiger charge is -2.40. The van der Waals surface area contributed by atoms with Gasteiger partial charge in [0.15, 0.2) is 5.13 Å².